The topological polar surface area (TPSA) is 42.2 Å². The summed E-state index contributed by atoms with van der Waals surface area (Å²) < 4.78 is 7.10. The van der Waals surface area contributed by atoms with Crippen molar-refractivity contribution in [2.75, 3.05) is 4.90 Å². The van der Waals surface area contributed by atoms with Crippen molar-refractivity contribution in [2.24, 2.45) is 0 Å². The van der Waals surface area contributed by atoms with Crippen molar-refractivity contribution >= 4 is 17.1 Å². The number of anilines is 3. The Hall–Kier alpha value is -6.20. The van der Waals surface area contributed by atoms with Crippen LogP contribution in [0.5, 0.6) is 0 Å². The third-order valence-corrected chi connectivity index (χ3v) is 14.0. The number of aromatic nitrogens is 2. The molecule has 15 rings (SSSR count). The van der Waals surface area contributed by atoms with E-state index in [4.69, 9.17) is 14.6 Å². The van der Waals surface area contributed by atoms with Crippen molar-refractivity contribution in [3.8, 4) is 22.9 Å². The normalized spacial score (nSPS) is 18.0. The van der Waals surface area contributed by atoms with E-state index in [9.17, 15) is 0 Å². The molecular formula is C58H41N3OY-2. The van der Waals surface area contributed by atoms with E-state index in [2.05, 4.69) is 196 Å². The molecule has 63 heavy (non-hydrogen) atoms. The van der Waals surface area contributed by atoms with Crippen LogP contribution in [0.2, 0.25) is 0 Å². The van der Waals surface area contributed by atoms with Crippen LogP contribution < -0.4 is 4.90 Å². The van der Waals surface area contributed by atoms with Crippen LogP contribution in [0.1, 0.15) is 117 Å². The maximum Gasteiger partial charge on any atom is 0.248 e. The first-order valence-corrected chi connectivity index (χ1v) is 21.7. The van der Waals surface area contributed by atoms with Crippen LogP contribution in [-0.4, -0.2) is 10.2 Å². The zero-order valence-electron chi connectivity index (χ0n) is 35.3. The van der Waals surface area contributed by atoms with Crippen LogP contribution in [0.25, 0.3) is 22.9 Å². The van der Waals surface area contributed by atoms with Gasteiger partial charge in [0, 0.05) is 67.5 Å². The second kappa shape index (κ2) is 14.4. The Morgan fingerprint density at radius 3 is 1.17 bits per heavy atom. The van der Waals surface area contributed by atoms with Gasteiger partial charge in [0.25, 0.3) is 0 Å². The molecule has 6 aliphatic rings. The first kappa shape index (κ1) is 38.5. The van der Waals surface area contributed by atoms with E-state index in [-0.39, 0.29) is 61.8 Å². The summed E-state index contributed by atoms with van der Waals surface area (Å²) >= 11 is 0. The molecule has 0 saturated carbocycles. The third-order valence-electron chi connectivity index (χ3n) is 14.0. The summed E-state index contributed by atoms with van der Waals surface area (Å²) in [6.45, 7) is 6.72. The molecule has 6 aliphatic carbocycles. The van der Waals surface area contributed by atoms with Crippen LogP contribution in [0, 0.1) is 12.1 Å². The van der Waals surface area contributed by atoms with Gasteiger partial charge in [-0.05, 0) is 89.9 Å². The zero-order chi connectivity index (χ0) is 41.3. The first-order valence-electron chi connectivity index (χ1n) is 21.7. The number of benzene rings is 8. The van der Waals surface area contributed by atoms with Gasteiger partial charge in [0.05, 0.1) is 5.69 Å². The molecule has 4 nitrogen and oxygen atoms in total. The van der Waals surface area contributed by atoms with Crippen LogP contribution in [-0.2, 0) is 38.1 Å². The summed E-state index contributed by atoms with van der Waals surface area (Å²) in [6.07, 6.45) is 0. The largest absolute Gasteiger partial charge is 0.416 e. The van der Waals surface area contributed by atoms with Gasteiger partial charge >= 0.3 is 0 Å². The molecule has 0 spiro atoms. The zero-order valence-corrected chi connectivity index (χ0v) is 38.1. The van der Waals surface area contributed by atoms with Crippen LogP contribution in [0.3, 0.4) is 0 Å². The Morgan fingerprint density at radius 1 is 0.444 bits per heavy atom. The molecule has 1 heterocycles. The predicted molar refractivity (Wildman–Crippen MR) is 246 cm³/mol. The molecule has 5 heteroatoms. The van der Waals surface area contributed by atoms with Crippen molar-refractivity contribution in [1.82, 2.24) is 10.2 Å². The van der Waals surface area contributed by atoms with Crippen molar-refractivity contribution < 1.29 is 37.1 Å². The van der Waals surface area contributed by atoms with E-state index in [0.29, 0.717) is 11.8 Å². The fourth-order valence-electron chi connectivity index (χ4n) is 11.5. The van der Waals surface area contributed by atoms with Crippen molar-refractivity contribution in [3.63, 3.8) is 0 Å². The molecular weight excluding hydrogens is 844 g/mol. The Labute approximate surface area is 393 Å². The monoisotopic (exact) mass is 884 g/mol. The first-order chi connectivity index (χ1) is 30.5. The van der Waals surface area contributed by atoms with Gasteiger partial charge < -0.3 is 9.32 Å². The average Bonchev–Trinajstić information content (AvgIpc) is 3.81. The van der Waals surface area contributed by atoms with E-state index < -0.39 is 0 Å². The smallest absolute Gasteiger partial charge is 0.248 e. The van der Waals surface area contributed by atoms with Gasteiger partial charge in [-0.3, -0.25) is 0 Å². The summed E-state index contributed by atoms with van der Waals surface area (Å²) in [6, 6.07) is 69.2. The van der Waals surface area contributed by atoms with Gasteiger partial charge in [0.2, 0.25) is 11.8 Å². The molecule has 0 fully saturated rings. The van der Waals surface area contributed by atoms with Crippen LogP contribution in [0.15, 0.2) is 174 Å². The van der Waals surface area contributed by atoms with Crippen molar-refractivity contribution in [2.45, 2.75) is 49.9 Å². The number of para-hydroxylation sites is 2. The molecule has 0 atom stereocenters. The van der Waals surface area contributed by atoms with E-state index >= 15 is 0 Å². The molecule has 0 saturated heterocycles. The third kappa shape index (κ3) is 5.54. The molecule has 0 N–H and O–H groups in total. The summed E-state index contributed by atoms with van der Waals surface area (Å²) in [5, 5.41) is 9.96. The minimum Gasteiger partial charge on any atom is -0.416 e. The maximum atomic E-state index is 7.10. The van der Waals surface area contributed by atoms with Crippen LogP contribution in [0.4, 0.5) is 17.1 Å². The van der Waals surface area contributed by atoms with Crippen molar-refractivity contribution in [3.05, 3.63) is 254 Å². The van der Waals surface area contributed by atoms with E-state index in [1.54, 1.807) is 0 Å². The molecule has 0 aliphatic heterocycles. The predicted octanol–water partition coefficient (Wildman–Crippen LogP) is 13.7. The molecule has 299 valence electrons. The molecule has 1 aromatic heterocycles. The second-order valence-electron chi connectivity index (χ2n) is 18.2. The minimum absolute atomic E-state index is 0. The SMILES string of the molecule is CC(C)(C)c1ccc(-c2nnc(-c3c4c(c(N(c5[c-]cccc5)c5[c-]cccc5)c5c3C3c6ccccc6C5c5ccccc53)C3c5ccccc5C4c4ccccc43)o2)cc1.[Y]. The fourth-order valence-corrected chi connectivity index (χ4v) is 11.5. The summed E-state index contributed by atoms with van der Waals surface area (Å²) in [7, 11) is 0. The number of hydrogen-bond acceptors (Lipinski definition) is 4. The van der Waals surface area contributed by atoms with Gasteiger partial charge in [-0.2, -0.15) is 48.5 Å². The average molecular weight is 885 g/mol. The number of nitrogens with zero attached hydrogens (tertiary/aromatic N) is 3. The van der Waals surface area contributed by atoms with Gasteiger partial charge in [0.1, 0.15) is 0 Å². The van der Waals surface area contributed by atoms with Crippen LogP contribution >= 0.6 is 0 Å². The van der Waals surface area contributed by atoms with Gasteiger partial charge in [0.15, 0.2) is 0 Å². The van der Waals surface area contributed by atoms with Crippen molar-refractivity contribution in [1.29, 1.82) is 0 Å². The number of hydrogen-bond donors (Lipinski definition) is 0. The van der Waals surface area contributed by atoms with E-state index in [0.717, 1.165) is 22.5 Å². The fraction of sp³-hybridized carbons (Fsp3) is 0.138. The summed E-state index contributed by atoms with van der Waals surface area (Å²) in [5.41, 5.74) is 22.2. The Kier molecular flexibility index (Phi) is 8.81. The van der Waals surface area contributed by atoms with E-state index in [1.165, 1.54) is 78.0 Å². The van der Waals surface area contributed by atoms with Gasteiger partial charge in [-0.15, -0.1) is 22.3 Å². The summed E-state index contributed by atoms with van der Waals surface area (Å²) in [5.74, 6) is 0.817. The molecule has 0 unspecified atom stereocenters. The maximum absolute atomic E-state index is 7.10. The molecule has 4 bridgehead atoms. The molecule has 8 aromatic carbocycles. The molecule has 9 aromatic rings. The molecule has 1 radical (unpaired) electrons. The number of rotatable bonds is 5. The Balaban J connectivity index is 0.00000421. The van der Waals surface area contributed by atoms with Gasteiger partial charge in [-0.25, -0.2) is 0 Å². The minimum atomic E-state index is -0.0739. The molecule has 0 amide bonds. The standard InChI is InChI=1S/C58H41N3O.Y/c1-58(2,3)35-32-30-34(31-33-35)56-59-60-57(62-56)54-50-46-38-22-10-14-26-42(38)48(43-27-15-11-23-39(43)46)52(50)55(61(36-18-6-4-7-19-36)37-20-8-5-9-21-37)53-49-44-28-16-12-24-40(44)47(51(53)54)41-25-13-17-29-45(41)49;/h4-18,20,22-33,46-49H,1-3H3;/q-2;. The Bertz CT molecular complexity index is 2990. The Morgan fingerprint density at radius 2 is 0.810 bits per heavy atom. The second-order valence-corrected chi connectivity index (χ2v) is 18.2. The van der Waals surface area contributed by atoms with E-state index in [1.807, 2.05) is 12.1 Å². The quantitative estimate of drug-likeness (QED) is 0.162. The summed E-state index contributed by atoms with van der Waals surface area (Å²) in [4.78, 5) is 2.45. The van der Waals surface area contributed by atoms with Gasteiger partial charge in [-0.1, -0.05) is 141 Å².